The average Bonchev–Trinajstić information content (AvgIpc) is 3.15. The van der Waals surface area contributed by atoms with Crippen LogP contribution in [0.3, 0.4) is 0 Å². The number of hydrogen-bond donors (Lipinski definition) is 1. The van der Waals surface area contributed by atoms with E-state index in [1.807, 2.05) is 12.4 Å². The Morgan fingerprint density at radius 2 is 2.32 bits per heavy atom. The van der Waals surface area contributed by atoms with Gasteiger partial charge in [-0.3, -0.25) is 0 Å². The fourth-order valence-corrected chi connectivity index (χ4v) is 2.12. The molecule has 1 saturated carbocycles. The molecule has 1 aromatic heterocycles. The number of aromatic nitrogens is 2. The third-order valence-electron chi connectivity index (χ3n) is 3.27. The highest BCUT2D eigenvalue weighted by Crippen LogP contribution is 2.35. The Kier molecular flexibility index (Phi) is 2.92. The molecule has 1 aliphatic carbocycles. The van der Waals surface area contributed by atoms with Crippen LogP contribution < -0.4 is 5.32 Å². The van der Waals surface area contributed by atoms with Crippen molar-refractivity contribution in [1.29, 1.82) is 5.26 Å². The summed E-state index contributed by atoms with van der Waals surface area (Å²) in [5, 5.41) is 12.1. The van der Waals surface area contributed by atoms with Crippen molar-refractivity contribution in [3.05, 3.63) is 47.8 Å². The first-order chi connectivity index (χ1) is 9.29. The van der Waals surface area contributed by atoms with Crippen LogP contribution in [-0.4, -0.2) is 9.55 Å². The molecule has 0 saturated heterocycles. The van der Waals surface area contributed by atoms with E-state index in [0.717, 1.165) is 5.69 Å². The second-order valence-corrected chi connectivity index (χ2v) is 4.65. The first-order valence-electron chi connectivity index (χ1n) is 6.23. The van der Waals surface area contributed by atoms with Gasteiger partial charge in [0.2, 0.25) is 0 Å². The molecule has 1 heterocycles. The van der Waals surface area contributed by atoms with Crippen molar-refractivity contribution >= 4 is 5.69 Å². The minimum atomic E-state index is -0.497. The van der Waals surface area contributed by atoms with Gasteiger partial charge in [-0.25, -0.2) is 9.37 Å². The zero-order valence-electron chi connectivity index (χ0n) is 10.3. The summed E-state index contributed by atoms with van der Waals surface area (Å²) < 4.78 is 15.6. The van der Waals surface area contributed by atoms with Crippen molar-refractivity contribution in [2.24, 2.45) is 0 Å². The number of halogens is 1. The first-order valence-corrected chi connectivity index (χ1v) is 6.23. The van der Waals surface area contributed by atoms with E-state index < -0.39 is 5.82 Å². The smallest absolute Gasteiger partial charge is 0.143 e. The Morgan fingerprint density at radius 1 is 1.47 bits per heavy atom. The molecule has 0 aliphatic heterocycles. The quantitative estimate of drug-likeness (QED) is 0.915. The summed E-state index contributed by atoms with van der Waals surface area (Å²) in [6, 6.07) is 7.03. The molecular weight excluding hydrogens is 243 g/mol. The lowest BCUT2D eigenvalue weighted by atomic mass is 10.2. The van der Waals surface area contributed by atoms with Crippen molar-refractivity contribution in [1.82, 2.24) is 9.55 Å². The van der Waals surface area contributed by atoms with E-state index in [4.69, 9.17) is 5.26 Å². The van der Waals surface area contributed by atoms with E-state index >= 15 is 0 Å². The van der Waals surface area contributed by atoms with Gasteiger partial charge >= 0.3 is 0 Å². The van der Waals surface area contributed by atoms with Crippen molar-refractivity contribution in [3.8, 4) is 6.07 Å². The van der Waals surface area contributed by atoms with Gasteiger partial charge in [-0.05, 0) is 25.0 Å². The van der Waals surface area contributed by atoms with E-state index in [9.17, 15) is 4.39 Å². The molecule has 0 amide bonds. The topological polar surface area (TPSA) is 53.6 Å². The van der Waals surface area contributed by atoms with E-state index in [0.29, 0.717) is 18.3 Å². The van der Waals surface area contributed by atoms with Gasteiger partial charge in [0.1, 0.15) is 17.4 Å². The molecule has 0 unspecified atom stereocenters. The Morgan fingerprint density at radius 3 is 3.05 bits per heavy atom. The monoisotopic (exact) mass is 256 g/mol. The predicted molar refractivity (Wildman–Crippen MR) is 68.9 cm³/mol. The van der Waals surface area contributed by atoms with Gasteiger partial charge in [0.15, 0.2) is 0 Å². The van der Waals surface area contributed by atoms with E-state index in [2.05, 4.69) is 14.9 Å². The molecule has 0 bridgehead atoms. The van der Waals surface area contributed by atoms with Crippen LogP contribution in [0.4, 0.5) is 10.1 Å². The van der Waals surface area contributed by atoms with Crippen LogP contribution in [-0.2, 0) is 6.54 Å². The number of nitrogens with one attached hydrogen (secondary N) is 1. The molecule has 0 atom stereocenters. The van der Waals surface area contributed by atoms with Crippen molar-refractivity contribution in [2.75, 3.05) is 5.32 Å². The fraction of sp³-hybridized carbons (Fsp3) is 0.286. The van der Waals surface area contributed by atoms with Crippen molar-refractivity contribution < 1.29 is 4.39 Å². The summed E-state index contributed by atoms with van der Waals surface area (Å²) in [6.45, 7) is 0.536. The average molecular weight is 256 g/mol. The van der Waals surface area contributed by atoms with E-state index in [-0.39, 0.29) is 5.56 Å². The third kappa shape index (κ3) is 2.29. The van der Waals surface area contributed by atoms with Crippen LogP contribution >= 0.6 is 0 Å². The summed E-state index contributed by atoms with van der Waals surface area (Å²) in [5.74, 6) is -0.497. The van der Waals surface area contributed by atoms with Crippen LogP contribution in [0.25, 0.3) is 0 Å². The van der Waals surface area contributed by atoms with Gasteiger partial charge in [-0.1, -0.05) is 6.07 Å². The lowest BCUT2D eigenvalue weighted by Gasteiger charge is -2.10. The maximum Gasteiger partial charge on any atom is 0.143 e. The summed E-state index contributed by atoms with van der Waals surface area (Å²) in [6.07, 6.45) is 6.00. The van der Waals surface area contributed by atoms with E-state index in [1.165, 1.54) is 18.9 Å². The van der Waals surface area contributed by atoms with Crippen LogP contribution in [0, 0.1) is 17.1 Å². The Labute approximate surface area is 110 Å². The molecule has 96 valence electrons. The minimum absolute atomic E-state index is 0.0555. The molecular formula is C14H13FN4. The second kappa shape index (κ2) is 4.73. The van der Waals surface area contributed by atoms with Gasteiger partial charge in [0, 0.05) is 12.2 Å². The molecule has 19 heavy (non-hydrogen) atoms. The zero-order valence-corrected chi connectivity index (χ0v) is 10.3. The molecule has 1 aliphatic rings. The standard InChI is InChI=1S/C14H13FN4/c15-13-2-1-3-14(12(13)6-16)18-8-11-7-17-9-19(11)10-4-5-10/h1-3,7,9-10,18H,4-5,8H2. The van der Waals surface area contributed by atoms with Crippen LogP contribution in [0.15, 0.2) is 30.7 Å². The Hall–Kier alpha value is -2.35. The number of rotatable bonds is 4. The number of nitriles is 1. The number of nitrogens with zero attached hydrogens (tertiary/aromatic N) is 3. The van der Waals surface area contributed by atoms with Gasteiger partial charge in [-0.15, -0.1) is 0 Å². The lowest BCUT2D eigenvalue weighted by molar-refractivity contribution is 0.624. The van der Waals surface area contributed by atoms with E-state index in [1.54, 1.807) is 18.3 Å². The zero-order chi connectivity index (χ0) is 13.2. The summed E-state index contributed by atoms with van der Waals surface area (Å²) in [4.78, 5) is 4.14. The maximum atomic E-state index is 13.5. The Bertz CT molecular complexity index is 637. The summed E-state index contributed by atoms with van der Waals surface area (Å²) in [7, 11) is 0. The van der Waals surface area contributed by atoms with Gasteiger partial charge in [-0.2, -0.15) is 5.26 Å². The van der Waals surface area contributed by atoms with Crippen LogP contribution in [0.2, 0.25) is 0 Å². The molecule has 4 nitrogen and oxygen atoms in total. The minimum Gasteiger partial charge on any atom is -0.378 e. The molecule has 1 aromatic carbocycles. The largest absolute Gasteiger partial charge is 0.378 e. The summed E-state index contributed by atoms with van der Waals surface area (Å²) in [5.41, 5.74) is 1.63. The highest BCUT2D eigenvalue weighted by molar-refractivity contribution is 5.57. The highest BCUT2D eigenvalue weighted by Gasteiger charge is 2.25. The SMILES string of the molecule is N#Cc1c(F)cccc1NCc1cncn1C1CC1. The molecule has 3 rings (SSSR count). The summed E-state index contributed by atoms with van der Waals surface area (Å²) >= 11 is 0. The highest BCUT2D eigenvalue weighted by atomic mass is 19.1. The molecule has 0 spiro atoms. The van der Waals surface area contributed by atoms with Crippen molar-refractivity contribution in [3.63, 3.8) is 0 Å². The van der Waals surface area contributed by atoms with Gasteiger partial charge in [0.25, 0.3) is 0 Å². The molecule has 5 heteroatoms. The Balaban J connectivity index is 1.77. The molecule has 2 aromatic rings. The normalized spacial score (nSPS) is 14.1. The number of imidazole rings is 1. The van der Waals surface area contributed by atoms with Crippen LogP contribution in [0.1, 0.15) is 30.1 Å². The third-order valence-corrected chi connectivity index (χ3v) is 3.27. The number of anilines is 1. The van der Waals surface area contributed by atoms with Crippen LogP contribution in [0.5, 0.6) is 0 Å². The number of hydrogen-bond acceptors (Lipinski definition) is 3. The van der Waals surface area contributed by atoms with Crippen molar-refractivity contribution in [2.45, 2.75) is 25.4 Å². The maximum absolute atomic E-state index is 13.5. The molecule has 1 fully saturated rings. The predicted octanol–water partition coefficient (Wildman–Crippen LogP) is 2.84. The number of benzene rings is 1. The lowest BCUT2D eigenvalue weighted by Crippen LogP contribution is -2.07. The van der Waals surface area contributed by atoms with Gasteiger partial charge < -0.3 is 9.88 Å². The first kappa shape index (κ1) is 11.7. The second-order valence-electron chi connectivity index (χ2n) is 4.65. The molecule has 0 radical (unpaired) electrons. The molecule has 1 N–H and O–H groups in total. The fourth-order valence-electron chi connectivity index (χ4n) is 2.12. The van der Waals surface area contributed by atoms with Gasteiger partial charge in [0.05, 0.1) is 24.3 Å².